The summed E-state index contributed by atoms with van der Waals surface area (Å²) in [5, 5.41) is 3.36. The van der Waals surface area contributed by atoms with Crippen molar-refractivity contribution in [2.45, 2.75) is 39.2 Å². The number of methoxy groups -OCH3 is 1. The molecule has 21 heavy (non-hydrogen) atoms. The van der Waals surface area contributed by atoms with Gasteiger partial charge >= 0.3 is 0 Å². The summed E-state index contributed by atoms with van der Waals surface area (Å²) < 4.78 is 5.38. The second-order valence-electron chi connectivity index (χ2n) is 5.68. The van der Waals surface area contributed by atoms with Gasteiger partial charge in [-0.25, -0.2) is 0 Å². The van der Waals surface area contributed by atoms with Crippen LogP contribution in [0.25, 0.3) is 0 Å². The molecule has 0 atom stereocenters. The summed E-state index contributed by atoms with van der Waals surface area (Å²) in [6.07, 6.45) is 3.03. The van der Waals surface area contributed by atoms with Gasteiger partial charge < -0.3 is 15.0 Å². The molecule has 0 saturated carbocycles. The van der Waals surface area contributed by atoms with Crippen molar-refractivity contribution in [3.05, 3.63) is 29.3 Å². The van der Waals surface area contributed by atoms with E-state index in [0.29, 0.717) is 17.4 Å². The van der Waals surface area contributed by atoms with Gasteiger partial charge in [-0.1, -0.05) is 18.6 Å². The summed E-state index contributed by atoms with van der Waals surface area (Å²) in [6.45, 7) is 6.91. The number of rotatable bonds is 5. The highest BCUT2D eigenvalue weighted by molar-refractivity contribution is 5.97. The van der Waals surface area contributed by atoms with E-state index in [1.165, 1.54) is 0 Å². The number of piperidine rings is 1. The van der Waals surface area contributed by atoms with Crippen molar-refractivity contribution < 1.29 is 9.53 Å². The maximum absolute atomic E-state index is 13.0. The van der Waals surface area contributed by atoms with Crippen molar-refractivity contribution in [2.24, 2.45) is 0 Å². The van der Waals surface area contributed by atoms with Gasteiger partial charge in [0.1, 0.15) is 5.75 Å². The van der Waals surface area contributed by atoms with Crippen LogP contribution in [0.15, 0.2) is 18.2 Å². The third kappa shape index (κ3) is 3.76. The lowest BCUT2D eigenvalue weighted by Gasteiger charge is -2.35. The van der Waals surface area contributed by atoms with Crippen LogP contribution in [0, 0.1) is 6.92 Å². The quantitative estimate of drug-likeness (QED) is 0.906. The monoisotopic (exact) mass is 290 g/mol. The van der Waals surface area contributed by atoms with E-state index in [9.17, 15) is 4.79 Å². The van der Waals surface area contributed by atoms with Crippen molar-refractivity contribution in [3.8, 4) is 5.75 Å². The van der Waals surface area contributed by atoms with E-state index < -0.39 is 0 Å². The molecule has 116 valence electrons. The number of benzene rings is 1. The minimum Gasteiger partial charge on any atom is -0.496 e. The molecule has 0 radical (unpaired) electrons. The van der Waals surface area contributed by atoms with Crippen molar-refractivity contribution in [3.63, 3.8) is 0 Å². The van der Waals surface area contributed by atoms with Gasteiger partial charge in [-0.2, -0.15) is 0 Å². The van der Waals surface area contributed by atoms with Crippen molar-refractivity contribution in [1.29, 1.82) is 0 Å². The lowest BCUT2D eigenvalue weighted by molar-refractivity contribution is 0.0639. The molecule has 0 bridgehead atoms. The van der Waals surface area contributed by atoms with Crippen molar-refractivity contribution in [1.82, 2.24) is 10.2 Å². The zero-order valence-electron chi connectivity index (χ0n) is 13.3. The Morgan fingerprint density at radius 2 is 2.10 bits per heavy atom. The molecule has 0 aromatic heterocycles. The van der Waals surface area contributed by atoms with Gasteiger partial charge in [-0.05, 0) is 51.4 Å². The SMILES string of the molecule is CCCN(C(=O)c1cc(C)ccc1OC)C1CCNCC1. The predicted octanol–water partition coefficient (Wildman–Crippen LogP) is 2.61. The molecule has 0 spiro atoms. The summed E-state index contributed by atoms with van der Waals surface area (Å²) in [4.78, 5) is 15.0. The van der Waals surface area contributed by atoms with E-state index in [0.717, 1.165) is 44.5 Å². The minimum atomic E-state index is 0.101. The molecule has 4 nitrogen and oxygen atoms in total. The van der Waals surface area contributed by atoms with Gasteiger partial charge in [0.25, 0.3) is 5.91 Å². The molecule has 1 heterocycles. The molecule has 1 fully saturated rings. The number of ether oxygens (including phenoxy) is 1. The third-order valence-corrected chi connectivity index (χ3v) is 4.06. The Balaban J connectivity index is 2.27. The largest absolute Gasteiger partial charge is 0.496 e. The number of hydrogen-bond donors (Lipinski definition) is 1. The number of carbonyl (C=O) groups excluding carboxylic acids is 1. The molecule has 0 aliphatic carbocycles. The van der Waals surface area contributed by atoms with Crippen molar-refractivity contribution in [2.75, 3.05) is 26.7 Å². The van der Waals surface area contributed by atoms with Gasteiger partial charge in [0, 0.05) is 12.6 Å². The maximum Gasteiger partial charge on any atom is 0.257 e. The average molecular weight is 290 g/mol. The topological polar surface area (TPSA) is 41.6 Å². The molecule has 1 N–H and O–H groups in total. The first-order valence-corrected chi connectivity index (χ1v) is 7.83. The highest BCUT2D eigenvalue weighted by Crippen LogP contribution is 2.24. The Bertz CT molecular complexity index is 482. The van der Waals surface area contributed by atoms with Gasteiger partial charge in [-0.3, -0.25) is 4.79 Å². The highest BCUT2D eigenvalue weighted by atomic mass is 16.5. The molecule has 2 rings (SSSR count). The van der Waals surface area contributed by atoms with E-state index in [-0.39, 0.29) is 5.91 Å². The lowest BCUT2D eigenvalue weighted by atomic mass is 10.0. The molecule has 0 unspecified atom stereocenters. The summed E-state index contributed by atoms with van der Waals surface area (Å²) >= 11 is 0. The van der Waals surface area contributed by atoms with Crippen LogP contribution in [0.2, 0.25) is 0 Å². The van der Waals surface area contributed by atoms with Crippen LogP contribution < -0.4 is 10.1 Å². The fraction of sp³-hybridized carbons (Fsp3) is 0.588. The molecule has 1 aliphatic rings. The number of amides is 1. The number of nitrogens with one attached hydrogen (secondary N) is 1. The van der Waals surface area contributed by atoms with Crippen LogP contribution in [-0.4, -0.2) is 43.6 Å². The predicted molar refractivity (Wildman–Crippen MR) is 85.0 cm³/mol. The minimum absolute atomic E-state index is 0.101. The van der Waals surface area contributed by atoms with Crippen LogP contribution in [0.5, 0.6) is 5.75 Å². The Morgan fingerprint density at radius 3 is 2.71 bits per heavy atom. The smallest absolute Gasteiger partial charge is 0.257 e. The fourth-order valence-electron chi connectivity index (χ4n) is 2.95. The number of nitrogens with zero attached hydrogens (tertiary/aromatic N) is 1. The van der Waals surface area contributed by atoms with Crippen LogP contribution in [0.4, 0.5) is 0 Å². The summed E-state index contributed by atoms with van der Waals surface area (Å²) in [7, 11) is 1.62. The molecule has 4 heteroatoms. The molecule has 1 aliphatic heterocycles. The third-order valence-electron chi connectivity index (χ3n) is 4.06. The van der Waals surface area contributed by atoms with Crippen molar-refractivity contribution >= 4 is 5.91 Å². The summed E-state index contributed by atoms with van der Waals surface area (Å²) in [6, 6.07) is 6.13. The Kier molecular flexibility index (Phi) is 5.62. The second-order valence-corrected chi connectivity index (χ2v) is 5.68. The molecular formula is C17H26N2O2. The van der Waals surface area contributed by atoms with Crippen LogP contribution in [-0.2, 0) is 0 Å². The zero-order chi connectivity index (χ0) is 15.2. The van der Waals surface area contributed by atoms with Crippen LogP contribution >= 0.6 is 0 Å². The van der Waals surface area contributed by atoms with Gasteiger partial charge in [0.15, 0.2) is 0 Å². The van der Waals surface area contributed by atoms with Gasteiger partial charge in [-0.15, -0.1) is 0 Å². The van der Waals surface area contributed by atoms with E-state index in [4.69, 9.17) is 4.74 Å². The first kappa shape index (κ1) is 15.8. The molecule has 1 amide bonds. The summed E-state index contributed by atoms with van der Waals surface area (Å²) in [5.74, 6) is 0.768. The number of hydrogen-bond acceptors (Lipinski definition) is 3. The molecular weight excluding hydrogens is 264 g/mol. The fourth-order valence-corrected chi connectivity index (χ4v) is 2.95. The second kappa shape index (κ2) is 7.46. The average Bonchev–Trinajstić information content (AvgIpc) is 2.52. The van der Waals surface area contributed by atoms with Gasteiger partial charge in [0.05, 0.1) is 12.7 Å². The molecule has 1 saturated heterocycles. The Hall–Kier alpha value is -1.55. The van der Waals surface area contributed by atoms with E-state index in [2.05, 4.69) is 12.2 Å². The first-order chi connectivity index (χ1) is 10.2. The Morgan fingerprint density at radius 1 is 1.38 bits per heavy atom. The van der Waals surface area contributed by atoms with E-state index >= 15 is 0 Å². The standard InChI is InChI=1S/C17H26N2O2/c1-4-11-19(14-7-9-18-10-8-14)17(20)15-12-13(2)5-6-16(15)21-3/h5-6,12,14,18H,4,7-11H2,1-3H3. The Labute approximate surface area is 127 Å². The summed E-state index contributed by atoms with van der Waals surface area (Å²) in [5.41, 5.74) is 1.77. The van der Waals surface area contributed by atoms with Crippen LogP contribution in [0.1, 0.15) is 42.1 Å². The van der Waals surface area contributed by atoms with E-state index in [1.54, 1.807) is 7.11 Å². The zero-order valence-corrected chi connectivity index (χ0v) is 13.3. The molecule has 1 aromatic rings. The number of carbonyl (C=O) groups is 1. The lowest BCUT2D eigenvalue weighted by Crippen LogP contribution is -2.46. The normalized spacial score (nSPS) is 15.8. The van der Waals surface area contributed by atoms with Crippen LogP contribution in [0.3, 0.4) is 0 Å². The molecule has 1 aromatic carbocycles. The maximum atomic E-state index is 13.0. The highest BCUT2D eigenvalue weighted by Gasteiger charge is 2.27. The van der Waals surface area contributed by atoms with Gasteiger partial charge in [0.2, 0.25) is 0 Å². The first-order valence-electron chi connectivity index (χ1n) is 7.83. The van der Waals surface area contributed by atoms with E-state index in [1.807, 2.05) is 30.0 Å². The number of aryl methyl sites for hydroxylation is 1.